The molecule has 0 atom stereocenters. The number of anilines is 1. The van der Waals surface area contributed by atoms with Crippen LogP contribution in [0.25, 0.3) is 16.6 Å². The van der Waals surface area contributed by atoms with Gasteiger partial charge in [0.25, 0.3) is 0 Å². The van der Waals surface area contributed by atoms with Gasteiger partial charge in [0.05, 0.1) is 5.52 Å². The number of hydrogen-bond donors (Lipinski definition) is 1. The second-order valence-corrected chi connectivity index (χ2v) is 7.24. The first kappa shape index (κ1) is 20.0. The number of para-hydroxylation sites is 1. The summed E-state index contributed by atoms with van der Waals surface area (Å²) in [7, 11) is 0. The number of hydrogen-bond acceptors (Lipinski definition) is 4. The SMILES string of the molecule is CCN1CCN(c2ccc3c(=O)c(C(=O)O)cn(-c4c(F)cccc4F)c3c2)CC1. The molecule has 0 spiro atoms. The van der Waals surface area contributed by atoms with Crippen molar-refractivity contribution in [3.63, 3.8) is 0 Å². The molecule has 6 nitrogen and oxygen atoms in total. The molecular weight excluding hydrogens is 392 g/mol. The lowest BCUT2D eigenvalue weighted by molar-refractivity contribution is 0.0695. The van der Waals surface area contributed by atoms with Gasteiger partial charge in [-0.15, -0.1) is 0 Å². The van der Waals surface area contributed by atoms with E-state index in [0.29, 0.717) is 0 Å². The maximum absolute atomic E-state index is 14.5. The molecule has 1 N–H and O–H groups in total. The van der Waals surface area contributed by atoms with E-state index in [1.807, 2.05) is 0 Å². The summed E-state index contributed by atoms with van der Waals surface area (Å²) < 4.78 is 30.2. The maximum Gasteiger partial charge on any atom is 0.341 e. The van der Waals surface area contributed by atoms with Crippen LogP contribution in [0.2, 0.25) is 0 Å². The Balaban J connectivity index is 1.93. The van der Waals surface area contributed by atoms with Crippen LogP contribution in [0.1, 0.15) is 17.3 Å². The zero-order valence-electron chi connectivity index (χ0n) is 16.4. The van der Waals surface area contributed by atoms with Gasteiger partial charge in [0.15, 0.2) is 0 Å². The highest BCUT2D eigenvalue weighted by Crippen LogP contribution is 2.27. The average Bonchev–Trinajstić information content (AvgIpc) is 2.74. The lowest BCUT2D eigenvalue weighted by Crippen LogP contribution is -2.46. The Morgan fingerprint density at radius 1 is 1.07 bits per heavy atom. The van der Waals surface area contributed by atoms with Crippen molar-refractivity contribution in [2.75, 3.05) is 37.6 Å². The van der Waals surface area contributed by atoms with Crippen molar-refractivity contribution < 1.29 is 18.7 Å². The van der Waals surface area contributed by atoms with Gasteiger partial charge in [-0.1, -0.05) is 13.0 Å². The number of carbonyl (C=O) groups is 1. The summed E-state index contributed by atoms with van der Waals surface area (Å²) in [5.41, 5.74) is -0.587. The number of fused-ring (bicyclic) bond motifs is 1. The number of pyridine rings is 1. The van der Waals surface area contributed by atoms with E-state index in [-0.39, 0.29) is 10.9 Å². The summed E-state index contributed by atoms with van der Waals surface area (Å²) >= 11 is 0. The first-order valence-electron chi connectivity index (χ1n) is 9.75. The first-order chi connectivity index (χ1) is 14.4. The van der Waals surface area contributed by atoms with Gasteiger partial charge in [0.1, 0.15) is 22.9 Å². The maximum atomic E-state index is 14.5. The van der Waals surface area contributed by atoms with E-state index in [2.05, 4.69) is 16.7 Å². The number of halogens is 2. The van der Waals surface area contributed by atoms with E-state index < -0.39 is 34.3 Å². The second kappa shape index (κ2) is 7.87. The Morgan fingerprint density at radius 2 is 1.73 bits per heavy atom. The summed E-state index contributed by atoms with van der Waals surface area (Å²) in [6.45, 7) is 6.42. The molecule has 2 aromatic carbocycles. The summed E-state index contributed by atoms with van der Waals surface area (Å²) in [6, 6.07) is 8.39. The molecular formula is C22H21F2N3O3. The van der Waals surface area contributed by atoms with Crippen LogP contribution < -0.4 is 10.3 Å². The van der Waals surface area contributed by atoms with Crippen molar-refractivity contribution in [3.05, 3.63) is 70.0 Å². The van der Waals surface area contributed by atoms with Crippen molar-refractivity contribution in [1.82, 2.24) is 9.47 Å². The normalized spacial score (nSPS) is 15.0. The molecule has 8 heteroatoms. The van der Waals surface area contributed by atoms with Gasteiger partial charge >= 0.3 is 5.97 Å². The molecule has 1 aliphatic heterocycles. The Bertz CT molecular complexity index is 1160. The zero-order chi connectivity index (χ0) is 21.4. The van der Waals surface area contributed by atoms with Crippen LogP contribution in [0.5, 0.6) is 0 Å². The lowest BCUT2D eigenvalue weighted by Gasteiger charge is -2.35. The zero-order valence-corrected chi connectivity index (χ0v) is 16.4. The molecule has 2 heterocycles. The number of carboxylic acid groups (broad SMARTS) is 1. The Morgan fingerprint density at radius 3 is 2.33 bits per heavy atom. The average molecular weight is 413 g/mol. The van der Waals surface area contributed by atoms with Crippen molar-refractivity contribution in [2.45, 2.75) is 6.92 Å². The minimum atomic E-state index is -1.45. The van der Waals surface area contributed by atoms with E-state index in [1.54, 1.807) is 12.1 Å². The van der Waals surface area contributed by atoms with Crippen LogP contribution in [0, 0.1) is 11.6 Å². The van der Waals surface area contributed by atoms with E-state index in [1.165, 1.54) is 12.1 Å². The summed E-state index contributed by atoms with van der Waals surface area (Å²) in [5, 5.41) is 9.52. The van der Waals surface area contributed by atoms with Crippen LogP contribution in [0.4, 0.5) is 14.5 Å². The number of benzene rings is 2. The van der Waals surface area contributed by atoms with Crippen molar-refractivity contribution in [3.8, 4) is 5.69 Å². The third-order valence-corrected chi connectivity index (χ3v) is 5.58. The van der Waals surface area contributed by atoms with Gasteiger partial charge in [-0.25, -0.2) is 13.6 Å². The molecule has 30 heavy (non-hydrogen) atoms. The smallest absolute Gasteiger partial charge is 0.341 e. The molecule has 0 bridgehead atoms. The summed E-state index contributed by atoms with van der Waals surface area (Å²) in [4.78, 5) is 28.7. The number of rotatable bonds is 4. The van der Waals surface area contributed by atoms with Crippen LogP contribution >= 0.6 is 0 Å². The topological polar surface area (TPSA) is 65.8 Å². The van der Waals surface area contributed by atoms with E-state index in [0.717, 1.165) is 61.3 Å². The predicted molar refractivity (Wildman–Crippen MR) is 111 cm³/mol. The molecule has 1 aromatic heterocycles. The molecule has 0 amide bonds. The number of likely N-dealkylation sites (N-methyl/N-ethyl adjacent to an activating group) is 1. The van der Waals surface area contributed by atoms with Crippen molar-refractivity contribution >= 4 is 22.6 Å². The summed E-state index contributed by atoms with van der Waals surface area (Å²) in [6.07, 6.45) is 0.993. The van der Waals surface area contributed by atoms with Gasteiger partial charge in [0.2, 0.25) is 5.43 Å². The van der Waals surface area contributed by atoms with Crippen LogP contribution in [-0.2, 0) is 0 Å². The third-order valence-electron chi connectivity index (χ3n) is 5.58. The highest BCUT2D eigenvalue weighted by molar-refractivity contribution is 5.94. The minimum Gasteiger partial charge on any atom is -0.477 e. The Labute approximate surface area is 171 Å². The highest BCUT2D eigenvalue weighted by Gasteiger charge is 2.21. The predicted octanol–water partition coefficient (Wildman–Crippen LogP) is 3.11. The summed E-state index contributed by atoms with van der Waals surface area (Å²) in [5.74, 6) is -3.15. The number of piperazine rings is 1. The van der Waals surface area contributed by atoms with Gasteiger partial charge in [-0.2, -0.15) is 0 Å². The molecule has 1 fully saturated rings. The molecule has 1 saturated heterocycles. The number of aromatic carboxylic acids is 1. The number of nitrogens with zero attached hydrogens (tertiary/aromatic N) is 3. The molecule has 0 radical (unpaired) electrons. The molecule has 1 aliphatic rings. The number of aromatic nitrogens is 1. The molecule has 0 aliphatic carbocycles. The van der Waals surface area contributed by atoms with Gasteiger partial charge < -0.3 is 19.5 Å². The fourth-order valence-electron chi connectivity index (χ4n) is 3.89. The quantitative estimate of drug-likeness (QED) is 0.712. The van der Waals surface area contributed by atoms with Gasteiger partial charge in [-0.05, 0) is 36.9 Å². The monoisotopic (exact) mass is 413 g/mol. The van der Waals surface area contributed by atoms with Crippen molar-refractivity contribution in [1.29, 1.82) is 0 Å². The second-order valence-electron chi connectivity index (χ2n) is 7.24. The molecule has 0 saturated carbocycles. The largest absolute Gasteiger partial charge is 0.477 e. The fraction of sp³-hybridized carbons (Fsp3) is 0.273. The standard InChI is InChI=1S/C22H21F2N3O3/c1-2-25-8-10-26(11-9-25)14-6-7-15-19(12-14)27(13-16(21(15)28)22(29)30)20-17(23)4-3-5-18(20)24/h3-7,12-13H,2,8-11H2,1H3,(H,29,30). The number of carboxylic acids is 1. The third kappa shape index (κ3) is 3.43. The van der Waals surface area contributed by atoms with E-state index in [4.69, 9.17) is 0 Å². The Hall–Kier alpha value is -3.26. The highest BCUT2D eigenvalue weighted by atomic mass is 19.1. The lowest BCUT2D eigenvalue weighted by atomic mass is 10.1. The van der Waals surface area contributed by atoms with Crippen LogP contribution in [0.3, 0.4) is 0 Å². The van der Waals surface area contributed by atoms with Crippen LogP contribution in [-0.4, -0.2) is 53.3 Å². The Kier molecular flexibility index (Phi) is 5.26. The molecule has 4 rings (SSSR count). The molecule has 3 aromatic rings. The van der Waals surface area contributed by atoms with Crippen molar-refractivity contribution in [2.24, 2.45) is 0 Å². The van der Waals surface area contributed by atoms with E-state index in [9.17, 15) is 23.5 Å². The van der Waals surface area contributed by atoms with Gasteiger partial charge in [0, 0.05) is 43.4 Å². The van der Waals surface area contributed by atoms with Crippen LogP contribution in [0.15, 0.2) is 47.4 Å². The van der Waals surface area contributed by atoms with Gasteiger partial charge in [-0.3, -0.25) is 4.79 Å². The first-order valence-corrected chi connectivity index (χ1v) is 9.75. The van der Waals surface area contributed by atoms with E-state index >= 15 is 0 Å². The molecule has 156 valence electrons. The molecule has 0 unspecified atom stereocenters. The minimum absolute atomic E-state index is 0.0912. The fourth-order valence-corrected chi connectivity index (χ4v) is 3.89.